The highest BCUT2D eigenvalue weighted by Gasteiger charge is 2.48. The number of nitrogens with zero attached hydrogens (tertiary/aromatic N) is 1. The summed E-state index contributed by atoms with van der Waals surface area (Å²) in [5.41, 5.74) is 2.14. The first kappa shape index (κ1) is 21.3. The van der Waals surface area contributed by atoms with E-state index >= 15 is 0 Å². The van der Waals surface area contributed by atoms with Gasteiger partial charge in [-0.2, -0.15) is 0 Å². The number of rotatable bonds is 10. The molecule has 0 heterocycles. The van der Waals surface area contributed by atoms with Gasteiger partial charge in [0.25, 0.3) is 0 Å². The maximum atomic E-state index is 5.56. The average molecular weight is 336 g/mol. The van der Waals surface area contributed by atoms with E-state index in [-0.39, 0.29) is 0 Å². The van der Waals surface area contributed by atoms with Crippen LogP contribution in [0.25, 0.3) is 0 Å². The fourth-order valence-corrected chi connectivity index (χ4v) is 13.5. The van der Waals surface area contributed by atoms with Crippen LogP contribution in [0.1, 0.15) is 41.5 Å². The summed E-state index contributed by atoms with van der Waals surface area (Å²) >= 11 is 0. The van der Waals surface area contributed by atoms with E-state index in [4.69, 9.17) is 13.3 Å². The molecule has 6 heteroatoms. The van der Waals surface area contributed by atoms with Crippen molar-refractivity contribution in [3.05, 3.63) is 0 Å². The molecule has 0 aromatic heterocycles. The molecule has 0 aliphatic heterocycles. The molecule has 0 amide bonds. The van der Waals surface area contributed by atoms with E-state index in [1.807, 2.05) is 0 Å². The van der Waals surface area contributed by atoms with Gasteiger partial charge in [0.15, 0.2) is 0 Å². The smallest absolute Gasteiger partial charge is 0.377 e. The summed E-state index contributed by atoms with van der Waals surface area (Å²) in [6.45, 7) is 15.3. The van der Waals surface area contributed by atoms with Gasteiger partial charge in [-0.3, -0.25) is 0 Å². The second-order valence-electron chi connectivity index (χ2n) is 6.82. The Bertz CT molecular complexity index is 265. The number of hydrogen-bond donors (Lipinski definition) is 0. The molecule has 0 spiro atoms. The Hall–Kier alpha value is 0.274. The molecule has 0 radical (unpaired) electrons. The van der Waals surface area contributed by atoms with Crippen LogP contribution in [0.15, 0.2) is 0 Å². The lowest BCUT2D eigenvalue weighted by Gasteiger charge is -2.50. The quantitative estimate of drug-likeness (QED) is 0.565. The molecule has 0 aliphatic rings. The first-order valence-electron chi connectivity index (χ1n) is 8.01. The summed E-state index contributed by atoms with van der Waals surface area (Å²) in [4.78, 5) is 0. The zero-order chi connectivity index (χ0) is 16.8. The van der Waals surface area contributed by atoms with Crippen molar-refractivity contribution in [2.75, 3.05) is 34.9 Å². The summed E-state index contributed by atoms with van der Waals surface area (Å²) in [6.07, 6.45) is 0. The van der Waals surface area contributed by atoms with Gasteiger partial charge < -0.3 is 17.8 Å². The van der Waals surface area contributed by atoms with Gasteiger partial charge in [0.05, 0.1) is 0 Å². The Morgan fingerprint density at radius 3 is 1.33 bits per heavy atom. The van der Waals surface area contributed by atoms with Gasteiger partial charge in [-0.15, -0.1) is 0 Å². The van der Waals surface area contributed by atoms with Gasteiger partial charge in [-0.05, 0) is 30.2 Å². The molecule has 21 heavy (non-hydrogen) atoms. The fourth-order valence-electron chi connectivity index (χ4n) is 4.38. The SMILES string of the molecule is CO[Si](CCN(C)[Si](C(C)C)(C(C)C)C(C)C)(OC)OC. The molecule has 0 unspecified atom stereocenters. The number of hydrogen-bond acceptors (Lipinski definition) is 4. The Kier molecular flexibility index (Phi) is 8.90. The van der Waals surface area contributed by atoms with Gasteiger partial charge in [0.2, 0.25) is 0 Å². The van der Waals surface area contributed by atoms with Crippen LogP contribution in [0, 0.1) is 0 Å². The van der Waals surface area contributed by atoms with Crippen LogP contribution >= 0.6 is 0 Å². The van der Waals surface area contributed by atoms with Crippen molar-refractivity contribution in [1.82, 2.24) is 4.57 Å². The molecule has 0 N–H and O–H groups in total. The van der Waals surface area contributed by atoms with Crippen molar-refractivity contribution in [3.63, 3.8) is 0 Å². The highest BCUT2D eigenvalue weighted by atomic mass is 28.4. The second kappa shape index (κ2) is 8.79. The van der Waals surface area contributed by atoms with Crippen LogP contribution in [0.2, 0.25) is 22.7 Å². The topological polar surface area (TPSA) is 30.9 Å². The molecule has 0 fully saturated rings. The Morgan fingerprint density at radius 1 is 0.762 bits per heavy atom. The third kappa shape index (κ3) is 4.39. The third-order valence-corrected chi connectivity index (χ3v) is 14.9. The molecule has 128 valence electrons. The van der Waals surface area contributed by atoms with Crippen molar-refractivity contribution in [3.8, 4) is 0 Å². The summed E-state index contributed by atoms with van der Waals surface area (Å²) in [5.74, 6) is 0. The van der Waals surface area contributed by atoms with Gasteiger partial charge in [-0.25, -0.2) is 0 Å². The Morgan fingerprint density at radius 2 is 1.10 bits per heavy atom. The minimum absolute atomic E-state index is 0.714. The first-order chi connectivity index (χ1) is 9.64. The van der Waals surface area contributed by atoms with Gasteiger partial charge in [0.1, 0.15) is 8.24 Å². The zero-order valence-electron chi connectivity index (χ0n) is 15.8. The Labute approximate surface area is 134 Å². The lowest BCUT2D eigenvalue weighted by Crippen LogP contribution is -2.60. The minimum atomic E-state index is -2.48. The maximum Gasteiger partial charge on any atom is 0.501 e. The predicted molar refractivity (Wildman–Crippen MR) is 95.3 cm³/mol. The van der Waals surface area contributed by atoms with Gasteiger partial charge in [0, 0.05) is 27.4 Å². The molecule has 0 saturated heterocycles. The van der Waals surface area contributed by atoms with Crippen LogP contribution in [0.3, 0.4) is 0 Å². The highest BCUT2D eigenvalue weighted by Crippen LogP contribution is 2.43. The maximum absolute atomic E-state index is 5.56. The van der Waals surface area contributed by atoms with E-state index in [1.165, 1.54) is 0 Å². The van der Waals surface area contributed by atoms with Crippen molar-refractivity contribution in [2.45, 2.75) is 64.2 Å². The lowest BCUT2D eigenvalue weighted by atomic mass is 10.5. The van der Waals surface area contributed by atoms with Crippen LogP contribution in [0.4, 0.5) is 0 Å². The standard InChI is InChI=1S/C15H37NO3Si2/c1-13(2)21(14(3)4,15(5)6)16(7)11-12-20(17-8,18-9)19-10/h13-15H,11-12H2,1-10H3. The largest absolute Gasteiger partial charge is 0.501 e. The molecule has 0 rings (SSSR count). The molecule has 0 aliphatic carbocycles. The summed E-state index contributed by atoms with van der Waals surface area (Å²) in [7, 11) is 3.30. The van der Waals surface area contributed by atoms with Gasteiger partial charge >= 0.3 is 8.80 Å². The molecule has 0 aromatic carbocycles. The normalized spacial score (nSPS) is 14.0. The Balaban J connectivity index is 5.21. The van der Waals surface area contributed by atoms with Crippen molar-refractivity contribution < 1.29 is 13.3 Å². The zero-order valence-corrected chi connectivity index (χ0v) is 17.8. The van der Waals surface area contributed by atoms with Crippen molar-refractivity contribution in [2.24, 2.45) is 0 Å². The fraction of sp³-hybridized carbons (Fsp3) is 1.00. The molecular formula is C15H37NO3Si2. The molecule has 0 bridgehead atoms. The van der Waals surface area contributed by atoms with E-state index < -0.39 is 17.0 Å². The van der Waals surface area contributed by atoms with E-state index in [1.54, 1.807) is 21.3 Å². The van der Waals surface area contributed by atoms with Crippen molar-refractivity contribution >= 4 is 17.0 Å². The van der Waals surface area contributed by atoms with Crippen molar-refractivity contribution in [1.29, 1.82) is 0 Å². The highest BCUT2D eigenvalue weighted by molar-refractivity contribution is 6.81. The van der Waals surface area contributed by atoms with Crippen LogP contribution in [-0.4, -0.2) is 56.5 Å². The predicted octanol–water partition coefficient (Wildman–Crippen LogP) is 3.97. The molecule has 0 saturated carbocycles. The molecular weight excluding hydrogens is 298 g/mol. The third-order valence-electron chi connectivity index (χ3n) is 5.12. The lowest BCUT2D eigenvalue weighted by molar-refractivity contribution is 0.122. The molecule has 0 aromatic rings. The molecule has 0 atom stereocenters. The van der Waals surface area contributed by atoms with E-state index in [0.717, 1.165) is 12.6 Å². The van der Waals surface area contributed by atoms with Crippen LogP contribution in [-0.2, 0) is 13.3 Å². The monoisotopic (exact) mass is 335 g/mol. The minimum Gasteiger partial charge on any atom is -0.377 e. The van der Waals surface area contributed by atoms with E-state index in [0.29, 0.717) is 16.6 Å². The van der Waals surface area contributed by atoms with Gasteiger partial charge in [-0.1, -0.05) is 41.5 Å². The van der Waals surface area contributed by atoms with E-state index in [2.05, 4.69) is 53.2 Å². The first-order valence-corrected chi connectivity index (χ1v) is 12.1. The van der Waals surface area contributed by atoms with E-state index in [9.17, 15) is 0 Å². The summed E-state index contributed by atoms with van der Waals surface area (Å²) in [6, 6.07) is 0.841. The molecule has 4 nitrogen and oxygen atoms in total. The average Bonchev–Trinajstić information content (AvgIpc) is 2.40. The second-order valence-corrected chi connectivity index (χ2v) is 15.9. The summed E-state index contributed by atoms with van der Waals surface area (Å²) in [5, 5.41) is 0. The summed E-state index contributed by atoms with van der Waals surface area (Å²) < 4.78 is 19.3. The van der Waals surface area contributed by atoms with Crippen LogP contribution in [0.5, 0.6) is 0 Å². The van der Waals surface area contributed by atoms with Crippen LogP contribution < -0.4 is 0 Å².